The first-order chi connectivity index (χ1) is 20.3. The molecule has 0 amide bonds. The van der Waals surface area contributed by atoms with Crippen molar-refractivity contribution in [1.29, 1.82) is 0 Å². The van der Waals surface area contributed by atoms with Crippen LogP contribution in [0, 0.1) is 0 Å². The highest BCUT2D eigenvalue weighted by Gasteiger charge is 2.56. The predicted molar refractivity (Wildman–Crippen MR) is 152 cm³/mol. The Morgan fingerprint density at radius 3 is 1.91 bits per heavy atom. The molecule has 10 nitrogen and oxygen atoms in total. The molecule has 0 saturated heterocycles. The number of halogens is 5. The van der Waals surface area contributed by atoms with Crippen LogP contribution in [0.5, 0.6) is 0 Å². The molecule has 1 unspecified atom stereocenters. The summed E-state index contributed by atoms with van der Waals surface area (Å²) in [6.07, 6.45) is 3.29. The molecule has 0 spiro atoms. The number of aliphatic hydroxyl groups excluding tert-OH is 1. The summed E-state index contributed by atoms with van der Waals surface area (Å²) in [6, 6.07) is 1.42. The highest BCUT2D eigenvalue weighted by Crippen LogP contribution is 2.42. The quantitative estimate of drug-likeness (QED) is 0.0620. The second-order valence-corrected chi connectivity index (χ2v) is 12.3. The molecule has 0 saturated carbocycles. The van der Waals surface area contributed by atoms with Gasteiger partial charge in [0.05, 0.1) is 25.9 Å². The summed E-state index contributed by atoms with van der Waals surface area (Å²) in [6.45, 7) is 0.656. The van der Waals surface area contributed by atoms with Crippen molar-refractivity contribution in [3.8, 4) is 0 Å². The molecule has 0 aliphatic rings. The Balaban J connectivity index is 1.92. The van der Waals surface area contributed by atoms with Gasteiger partial charge in [0.2, 0.25) is 0 Å². The van der Waals surface area contributed by atoms with Gasteiger partial charge in [-0.25, -0.2) is 4.79 Å². The monoisotopic (exact) mass is 651 g/mol. The van der Waals surface area contributed by atoms with E-state index in [1.807, 2.05) is 0 Å². The summed E-state index contributed by atoms with van der Waals surface area (Å²) in [7, 11) is -4.01. The van der Waals surface area contributed by atoms with Gasteiger partial charge in [-0.3, -0.25) is 9.13 Å². The topological polar surface area (TPSA) is 146 Å². The number of nitrogens with zero attached hydrogens (tertiary/aromatic N) is 2. The van der Waals surface area contributed by atoms with E-state index in [1.54, 1.807) is 0 Å². The Morgan fingerprint density at radius 1 is 0.884 bits per heavy atom. The SMILES string of the molecule is Nc1ccn(C[C@@H](CO)OCP(=O)(O)OCCCCCCCCCCCOCCCCCCC(F)(F)C(F)(F)F)c(=O)n1. The molecule has 1 aromatic rings. The van der Waals surface area contributed by atoms with Gasteiger partial charge in [-0.2, -0.15) is 26.9 Å². The first-order valence-electron chi connectivity index (χ1n) is 14.8. The van der Waals surface area contributed by atoms with E-state index in [4.69, 9.17) is 19.7 Å². The van der Waals surface area contributed by atoms with E-state index < -0.39 is 50.9 Å². The molecule has 4 N–H and O–H groups in total. The maximum absolute atomic E-state index is 12.8. The van der Waals surface area contributed by atoms with Gasteiger partial charge in [0.15, 0.2) is 0 Å². The number of rotatable bonds is 26. The van der Waals surface area contributed by atoms with Gasteiger partial charge >= 0.3 is 25.4 Å². The Morgan fingerprint density at radius 2 is 1.40 bits per heavy atom. The molecule has 16 heteroatoms. The molecule has 0 aliphatic heterocycles. The Bertz CT molecular complexity index is 985. The fourth-order valence-corrected chi connectivity index (χ4v) is 4.99. The standard InChI is InChI=1S/C27H47F5N3O7P/c28-26(29,27(30,31)32)15-10-6-9-12-18-40-17-11-7-4-2-1-3-5-8-13-19-42-43(38,39)22-41-23(21-36)20-35-16-14-24(33)34-25(35)37/h14,16,23,36H,1-13,15,17-22H2,(H,38,39)(H2,33,34,37)/t23-/m0/s1. The fourth-order valence-electron chi connectivity index (χ4n) is 4.10. The van der Waals surface area contributed by atoms with Crippen LogP contribution in [-0.2, 0) is 25.1 Å². The molecule has 43 heavy (non-hydrogen) atoms. The lowest BCUT2D eigenvalue weighted by Gasteiger charge is -2.19. The maximum Gasteiger partial charge on any atom is 0.453 e. The van der Waals surface area contributed by atoms with Gasteiger partial charge in [0.25, 0.3) is 0 Å². The molecular formula is C27H47F5N3O7P. The molecule has 0 bridgehead atoms. The van der Waals surface area contributed by atoms with Crippen molar-refractivity contribution < 1.29 is 50.5 Å². The van der Waals surface area contributed by atoms with Gasteiger partial charge < -0.3 is 29.7 Å². The second-order valence-electron chi connectivity index (χ2n) is 10.5. The molecule has 1 aromatic heterocycles. The Kier molecular flexibility index (Phi) is 19.4. The van der Waals surface area contributed by atoms with Crippen LogP contribution in [0.2, 0.25) is 0 Å². The van der Waals surface area contributed by atoms with Crippen LogP contribution in [-0.4, -0.2) is 70.5 Å². The van der Waals surface area contributed by atoms with Crippen molar-refractivity contribution in [3.63, 3.8) is 0 Å². The van der Waals surface area contributed by atoms with Crippen LogP contribution < -0.4 is 11.4 Å². The molecule has 1 rings (SSSR count). The minimum absolute atomic E-state index is 0.0609. The highest BCUT2D eigenvalue weighted by molar-refractivity contribution is 7.52. The van der Waals surface area contributed by atoms with Crippen LogP contribution in [0.4, 0.5) is 27.8 Å². The zero-order valence-electron chi connectivity index (χ0n) is 24.6. The maximum atomic E-state index is 12.8. The Hall–Kier alpha value is -1.64. The van der Waals surface area contributed by atoms with Crippen LogP contribution in [0.15, 0.2) is 17.1 Å². The number of nitrogens with two attached hydrogens (primary N) is 1. The first-order valence-corrected chi connectivity index (χ1v) is 16.6. The third kappa shape index (κ3) is 18.7. The second kappa shape index (κ2) is 21.2. The number of ether oxygens (including phenoxy) is 2. The summed E-state index contributed by atoms with van der Waals surface area (Å²) in [5.41, 5.74) is 4.81. The van der Waals surface area contributed by atoms with E-state index in [0.29, 0.717) is 38.9 Å². The van der Waals surface area contributed by atoms with Crippen molar-refractivity contribution in [1.82, 2.24) is 9.55 Å². The van der Waals surface area contributed by atoms with Gasteiger partial charge in [0, 0.05) is 25.8 Å². The summed E-state index contributed by atoms with van der Waals surface area (Å²) < 4.78 is 91.1. The molecule has 0 aliphatic carbocycles. The molecule has 0 fully saturated rings. The van der Waals surface area contributed by atoms with Crippen molar-refractivity contribution in [2.75, 3.05) is 38.5 Å². The molecule has 1 heterocycles. The van der Waals surface area contributed by atoms with E-state index in [0.717, 1.165) is 51.4 Å². The lowest BCUT2D eigenvalue weighted by Crippen LogP contribution is -2.36. The van der Waals surface area contributed by atoms with Crippen LogP contribution in [0.3, 0.4) is 0 Å². The third-order valence-electron chi connectivity index (χ3n) is 6.64. The number of nitrogen functional groups attached to an aromatic ring is 1. The number of alkyl halides is 5. The van der Waals surface area contributed by atoms with E-state index in [2.05, 4.69) is 4.98 Å². The molecule has 252 valence electrons. The van der Waals surface area contributed by atoms with Crippen LogP contribution >= 0.6 is 7.60 Å². The number of hydrogen-bond acceptors (Lipinski definition) is 8. The summed E-state index contributed by atoms with van der Waals surface area (Å²) in [5.74, 6) is -4.55. The van der Waals surface area contributed by atoms with Crippen molar-refractivity contribution in [2.24, 2.45) is 0 Å². The zero-order chi connectivity index (χ0) is 32.2. The molecule has 0 aromatic carbocycles. The Labute approximate surface area is 249 Å². The number of unbranched alkanes of at least 4 members (excludes halogenated alkanes) is 11. The fraction of sp³-hybridized carbons (Fsp3) is 0.852. The molecular weight excluding hydrogens is 604 g/mol. The van der Waals surface area contributed by atoms with E-state index in [-0.39, 0.29) is 25.4 Å². The van der Waals surface area contributed by atoms with Gasteiger partial charge in [0.1, 0.15) is 12.2 Å². The van der Waals surface area contributed by atoms with Crippen LogP contribution in [0.1, 0.15) is 89.9 Å². The van der Waals surface area contributed by atoms with E-state index >= 15 is 0 Å². The average molecular weight is 652 g/mol. The highest BCUT2D eigenvalue weighted by atomic mass is 31.2. The summed E-state index contributed by atoms with van der Waals surface area (Å²) >= 11 is 0. The van der Waals surface area contributed by atoms with Crippen LogP contribution in [0.25, 0.3) is 0 Å². The zero-order valence-corrected chi connectivity index (χ0v) is 25.5. The summed E-state index contributed by atoms with van der Waals surface area (Å²) in [4.78, 5) is 25.3. The van der Waals surface area contributed by atoms with E-state index in [9.17, 15) is 41.3 Å². The lowest BCUT2D eigenvalue weighted by molar-refractivity contribution is -0.284. The smallest absolute Gasteiger partial charge is 0.394 e. The lowest BCUT2D eigenvalue weighted by atomic mass is 10.1. The van der Waals surface area contributed by atoms with Gasteiger partial charge in [-0.15, -0.1) is 0 Å². The normalized spacial score (nSPS) is 14.6. The first kappa shape index (κ1) is 39.4. The largest absolute Gasteiger partial charge is 0.453 e. The van der Waals surface area contributed by atoms with Gasteiger partial charge in [-0.1, -0.05) is 57.8 Å². The third-order valence-corrected chi connectivity index (χ3v) is 7.70. The number of aromatic nitrogens is 2. The minimum atomic E-state index is -5.48. The number of hydrogen-bond donors (Lipinski definition) is 3. The predicted octanol–water partition coefficient (Wildman–Crippen LogP) is 6.04. The molecule has 0 radical (unpaired) electrons. The minimum Gasteiger partial charge on any atom is -0.394 e. The number of anilines is 1. The van der Waals surface area contributed by atoms with Crippen molar-refractivity contribution in [3.05, 3.63) is 22.7 Å². The average Bonchev–Trinajstić information content (AvgIpc) is 2.92. The van der Waals surface area contributed by atoms with Crippen molar-refractivity contribution >= 4 is 13.4 Å². The van der Waals surface area contributed by atoms with Gasteiger partial charge in [-0.05, 0) is 31.7 Å². The molecule has 2 atom stereocenters. The van der Waals surface area contributed by atoms with Crippen molar-refractivity contribution in [2.45, 2.75) is 115 Å². The number of aliphatic hydroxyl groups is 1. The summed E-state index contributed by atoms with van der Waals surface area (Å²) in [5, 5.41) is 9.46. The van der Waals surface area contributed by atoms with E-state index in [1.165, 1.54) is 16.8 Å².